The van der Waals surface area contributed by atoms with Gasteiger partial charge in [0.2, 0.25) is 0 Å². The van der Waals surface area contributed by atoms with Gasteiger partial charge >= 0.3 is 0 Å². The summed E-state index contributed by atoms with van der Waals surface area (Å²) in [6, 6.07) is 3.91. The highest BCUT2D eigenvalue weighted by atomic mass is 79.9. The second-order valence-corrected chi connectivity index (χ2v) is 8.28. The van der Waals surface area contributed by atoms with Gasteiger partial charge in [0, 0.05) is 28.6 Å². The molecule has 0 amide bonds. The summed E-state index contributed by atoms with van der Waals surface area (Å²) in [4.78, 5) is 4.37. The number of pyridine rings is 1. The lowest BCUT2D eigenvalue weighted by Gasteiger charge is -2.35. The van der Waals surface area contributed by atoms with Gasteiger partial charge in [0.25, 0.3) is 0 Å². The highest BCUT2D eigenvalue weighted by Crippen LogP contribution is 2.29. The van der Waals surface area contributed by atoms with Crippen molar-refractivity contribution in [2.75, 3.05) is 6.54 Å². The molecule has 1 heterocycles. The van der Waals surface area contributed by atoms with Gasteiger partial charge < -0.3 is 4.55 Å². The summed E-state index contributed by atoms with van der Waals surface area (Å²) in [6.07, 6.45) is 1.77. The molecule has 0 bridgehead atoms. The molecule has 0 spiro atoms. The molecule has 0 aliphatic carbocycles. The summed E-state index contributed by atoms with van der Waals surface area (Å²) in [5.74, 6) is 0. The van der Waals surface area contributed by atoms with Crippen LogP contribution in [0.15, 0.2) is 22.8 Å². The second-order valence-electron chi connectivity index (χ2n) is 5.17. The number of hydrogen-bond acceptors (Lipinski definition) is 3. The molecule has 1 aromatic rings. The quantitative estimate of drug-likeness (QED) is 0.789. The zero-order valence-corrected chi connectivity index (χ0v) is 14.0. The smallest absolute Gasteiger partial charge is 0.137 e. The predicted molar refractivity (Wildman–Crippen MR) is 80.6 cm³/mol. The number of rotatable bonds is 4. The fraction of sp³-hybridized carbons (Fsp3) is 0.615. The van der Waals surface area contributed by atoms with Crippen LogP contribution in [0.1, 0.15) is 46.4 Å². The maximum atomic E-state index is 12.5. The lowest BCUT2D eigenvalue weighted by Crippen LogP contribution is -2.44. The largest absolute Gasteiger partial charge is 0.597 e. The fourth-order valence-corrected chi connectivity index (χ4v) is 3.37. The Morgan fingerprint density at radius 1 is 1.50 bits per heavy atom. The van der Waals surface area contributed by atoms with E-state index in [0.29, 0.717) is 0 Å². The van der Waals surface area contributed by atoms with Crippen LogP contribution < -0.4 is 0 Å². The first-order valence-electron chi connectivity index (χ1n) is 6.07. The molecule has 0 aromatic carbocycles. The Morgan fingerprint density at radius 2 is 2.11 bits per heavy atom. The van der Waals surface area contributed by atoms with Crippen molar-refractivity contribution in [3.8, 4) is 0 Å². The van der Waals surface area contributed by atoms with Crippen LogP contribution in [0.4, 0.5) is 0 Å². The second kappa shape index (κ2) is 6.37. The van der Waals surface area contributed by atoms with Gasteiger partial charge in [-0.15, -0.1) is 4.31 Å². The summed E-state index contributed by atoms with van der Waals surface area (Å²) < 4.78 is 15.2. The van der Waals surface area contributed by atoms with E-state index in [1.165, 1.54) is 0 Å². The Labute approximate surface area is 121 Å². The Hall–Kier alpha value is -0.100. The standard InChI is InChI=1S/C13H21BrN2OS/c1-6-16(18(17)13(3,4)5)10(2)12-9-11(14)7-8-15-12/h7-10H,6H2,1-5H3. The van der Waals surface area contributed by atoms with Crippen molar-refractivity contribution in [3.05, 3.63) is 28.5 Å². The highest BCUT2D eigenvalue weighted by molar-refractivity contribution is 9.10. The Morgan fingerprint density at radius 3 is 2.56 bits per heavy atom. The van der Waals surface area contributed by atoms with Gasteiger partial charge in [-0.25, -0.2) is 0 Å². The van der Waals surface area contributed by atoms with Crippen LogP contribution in [0.5, 0.6) is 0 Å². The maximum Gasteiger partial charge on any atom is 0.137 e. The molecule has 3 nitrogen and oxygen atoms in total. The summed E-state index contributed by atoms with van der Waals surface area (Å²) in [6.45, 7) is 10.8. The normalized spacial score (nSPS) is 15.8. The first kappa shape index (κ1) is 16.0. The summed E-state index contributed by atoms with van der Waals surface area (Å²) >= 11 is 2.41. The Bertz CT molecular complexity index is 395. The molecule has 0 aliphatic rings. The molecule has 0 fully saturated rings. The van der Waals surface area contributed by atoms with E-state index in [0.717, 1.165) is 16.7 Å². The van der Waals surface area contributed by atoms with Gasteiger partial charge in [-0.3, -0.25) is 4.98 Å². The van der Waals surface area contributed by atoms with E-state index in [-0.39, 0.29) is 10.8 Å². The third-order valence-corrected chi connectivity index (χ3v) is 5.19. The van der Waals surface area contributed by atoms with Crippen LogP contribution in [0, 0.1) is 0 Å². The average molecular weight is 333 g/mol. The summed E-state index contributed by atoms with van der Waals surface area (Å²) in [5.41, 5.74) is 0.934. The fourth-order valence-electron chi connectivity index (χ4n) is 1.68. The van der Waals surface area contributed by atoms with E-state index in [1.54, 1.807) is 6.20 Å². The van der Waals surface area contributed by atoms with Crippen molar-refractivity contribution in [1.82, 2.24) is 9.29 Å². The van der Waals surface area contributed by atoms with Gasteiger partial charge in [0.15, 0.2) is 0 Å². The Kier molecular flexibility index (Phi) is 5.65. The molecule has 0 N–H and O–H groups in total. The van der Waals surface area contributed by atoms with Crippen LogP contribution in [0.3, 0.4) is 0 Å². The van der Waals surface area contributed by atoms with E-state index in [4.69, 9.17) is 0 Å². The summed E-state index contributed by atoms with van der Waals surface area (Å²) in [7, 11) is 0. The molecular formula is C13H21BrN2OS. The molecule has 5 heteroatoms. The zero-order valence-electron chi connectivity index (χ0n) is 11.6. The van der Waals surface area contributed by atoms with E-state index < -0.39 is 11.4 Å². The van der Waals surface area contributed by atoms with Gasteiger partial charge in [0.05, 0.1) is 11.7 Å². The molecule has 0 saturated carbocycles. The van der Waals surface area contributed by atoms with Crippen molar-refractivity contribution in [3.63, 3.8) is 0 Å². The minimum absolute atomic E-state index is 0.0348. The van der Waals surface area contributed by atoms with Crippen LogP contribution >= 0.6 is 15.9 Å². The monoisotopic (exact) mass is 332 g/mol. The first-order valence-corrected chi connectivity index (χ1v) is 7.97. The molecule has 1 rings (SSSR count). The molecule has 1 aromatic heterocycles. The third-order valence-electron chi connectivity index (χ3n) is 2.65. The molecule has 2 unspecified atom stereocenters. The average Bonchev–Trinajstić information content (AvgIpc) is 2.28. The number of hydrogen-bond donors (Lipinski definition) is 0. The van der Waals surface area contributed by atoms with Crippen molar-refractivity contribution >= 4 is 27.3 Å². The third kappa shape index (κ3) is 3.95. The molecular weight excluding hydrogens is 312 g/mol. The number of aromatic nitrogens is 1. The zero-order chi connectivity index (χ0) is 13.9. The minimum atomic E-state index is -1.03. The lowest BCUT2D eigenvalue weighted by molar-refractivity contribution is 0.339. The predicted octanol–water partition coefficient (Wildman–Crippen LogP) is 3.69. The molecule has 0 aliphatic heterocycles. The maximum absolute atomic E-state index is 12.5. The first-order chi connectivity index (χ1) is 8.27. The van der Waals surface area contributed by atoms with Gasteiger partial charge in [-0.05, 0) is 46.8 Å². The highest BCUT2D eigenvalue weighted by Gasteiger charge is 2.36. The molecule has 102 valence electrons. The van der Waals surface area contributed by atoms with Crippen LogP contribution in [0.2, 0.25) is 0 Å². The van der Waals surface area contributed by atoms with Crippen molar-refractivity contribution in [2.24, 2.45) is 0 Å². The molecule has 18 heavy (non-hydrogen) atoms. The van der Waals surface area contributed by atoms with Gasteiger partial charge in [-0.1, -0.05) is 15.9 Å². The van der Waals surface area contributed by atoms with Crippen LogP contribution in [-0.4, -0.2) is 25.1 Å². The van der Waals surface area contributed by atoms with E-state index in [1.807, 2.05) is 51.1 Å². The van der Waals surface area contributed by atoms with E-state index in [9.17, 15) is 4.55 Å². The van der Waals surface area contributed by atoms with Crippen molar-refractivity contribution in [2.45, 2.75) is 45.4 Å². The summed E-state index contributed by atoms with van der Waals surface area (Å²) in [5, 5.41) is 0. The topological polar surface area (TPSA) is 39.2 Å². The minimum Gasteiger partial charge on any atom is -0.597 e. The Balaban J connectivity index is 2.96. The van der Waals surface area contributed by atoms with Crippen LogP contribution in [-0.2, 0) is 11.4 Å². The van der Waals surface area contributed by atoms with Gasteiger partial charge in [-0.2, -0.15) is 0 Å². The molecule has 0 saturated heterocycles. The number of halogens is 1. The van der Waals surface area contributed by atoms with Crippen molar-refractivity contribution < 1.29 is 4.55 Å². The molecule has 2 atom stereocenters. The van der Waals surface area contributed by atoms with E-state index >= 15 is 0 Å². The van der Waals surface area contributed by atoms with Gasteiger partial charge in [0.1, 0.15) is 4.75 Å². The van der Waals surface area contributed by atoms with Crippen LogP contribution in [0.25, 0.3) is 0 Å². The number of nitrogens with zero attached hydrogens (tertiary/aromatic N) is 2. The lowest BCUT2D eigenvalue weighted by atomic mass is 10.2. The SMILES string of the molecule is CCN(C(C)c1cc(Br)ccn1)[S+]([O-])C(C)(C)C. The molecule has 0 radical (unpaired) electrons. The van der Waals surface area contributed by atoms with Crippen molar-refractivity contribution in [1.29, 1.82) is 0 Å². The van der Waals surface area contributed by atoms with E-state index in [2.05, 4.69) is 20.9 Å².